The largest absolute Gasteiger partial charge is 0.505 e. The third kappa shape index (κ3) is 3.34. The van der Waals surface area contributed by atoms with E-state index in [1.165, 1.54) is 24.5 Å². The number of amidine groups is 1. The number of aromatic nitrogens is 2. The molecule has 0 atom stereocenters. The molecule has 3 aromatic rings. The molecule has 0 unspecified atom stereocenters. The average Bonchev–Trinajstić information content (AvgIpc) is 3.05. The number of nitrogens with zero attached hydrogens (tertiary/aromatic N) is 3. The van der Waals surface area contributed by atoms with Gasteiger partial charge in [-0.1, -0.05) is 17.3 Å². The number of nitrogens with two attached hydrogens (primary N) is 1. The summed E-state index contributed by atoms with van der Waals surface area (Å²) in [7, 11) is 0. The van der Waals surface area contributed by atoms with Gasteiger partial charge in [-0.2, -0.15) is 0 Å². The van der Waals surface area contributed by atoms with Crippen molar-refractivity contribution in [3.05, 3.63) is 53.7 Å². The minimum Gasteiger partial charge on any atom is -0.505 e. The minimum atomic E-state index is -0.337. The highest BCUT2D eigenvalue weighted by Gasteiger charge is 2.12. The van der Waals surface area contributed by atoms with Crippen molar-refractivity contribution in [1.29, 1.82) is 0 Å². The Kier molecular flexibility index (Phi) is 4.21. The van der Waals surface area contributed by atoms with Crippen LogP contribution in [0.25, 0.3) is 11.3 Å². The molecule has 9 heteroatoms. The molecule has 1 aromatic carbocycles. The molecule has 25 heavy (non-hydrogen) atoms. The van der Waals surface area contributed by atoms with Gasteiger partial charge in [-0.15, -0.1) is 0 Å². The van der Waals surface area contributed by atoms with Crippen molar-refractivity contribution in [2.24, 2.45) is 10.9 Å². The van der Waals surface area contributed by atoms with Gasteiger partial charge in [0.25, 0.3) is 6.01 Å². The summed E-state index contributed by atoms with van der Waals surface area (Å²) < 4.78 is 19.2. The van der Waals surface area contributed by atoms with E-state index in [0.29, 0.717) is 22.6 Å². The molecule has 0 saturated heterocycles. The molecule has 5 N–H and O–H groups in total. The molecule has 8 nitrogen and oxygen atoms in total. The number of oxime groups is 1. The van der Waals surface area contributed by atoms with Crippen LogP contribution in [0.5, 0.6) is 5.75 Å². The van der Waals surface area contributed by atoms with E-state index >= 15 is 0 Å². The number of anilines is 2. The van der Waals surface area contributed by atoms with E-state index in [4.69, 9.17) is 15.4 Å². The predicted molar refractivity (Wildman–Crippen MR) is 88.3 cm³/mol. The second-order valence-electron chi connectivity index (χ2n) is 5.20. The van der Waals surface area contributed by atoms with Crippen LogP contribution in [0.3, 0.4) is 0 Å². The van der Waals surface area contributed by atoms with Gasteiger partial charge in [0, 0.05) is 11.6 Å². The van der Waals surface area contributed by atoms with Gasteiger partial charge >= 0.3 is 0 Å². The van der Waals surface area contributed by atoms with Gasteiger partial charge < -0.3 is 25.8 Å². The van der Waals surface area contributed by atoms with Crippen LogP contribution in [0.2, 0.25) is 0 Å². The van der Waals surface area contributed by atoms with Gasteiger partial charge in [0.15, 0.2) is 17.3 Å². The van der Waals surface area contributed by atoms with Crippen molar-refractivity contribution in [3.8, 4) is 17.1 Å². The zero-order valence-electron chi connectivity index (χ0n) is 13.1. The smallest absolute Gasteiger partial charge is 0.299 e. The van der Waals surface area contributed by atoms with Gasteiger partial charge in [0.2, 0.25) is 0 Å². The van der Waals surface area contributed by atoms with E-state index in [1.54, 1.807) is 19.1 Å². The number of benzene rings is 1. The molecule has 0 fully saturated rings. The predicted octanol–water partition coefficient (Wildman–Crippen LogP) is 2.73. The second-order valence-corrected chi connectivity index (χ2v) is 5.20. The van der Waals surface area contributed by atoms with Gasteiger partial charge in [-0.3, -0.25) is 0 Å². The lowest BCUT2D eigenvalue weighted by atomic mass is 10.1. The summed E-state index contributed by atoms with van der Waals surface area (Å²) in [5, 5.41) is 24.0. The third-order valence-corrected chi connectivity index (χ3v) is 3.43. The van der Waals surface area contributed by atoms with Crippen LogP contribution in [-0.4, -0.2) is 26.1 Å². The Labute approximate surface area is 141 Å². The number of hydrogen-bond acceptors (Lipinski definition) is 7. The lowest BCUT2D eigenvalue weighted by Gasteiger charge is -2.05. The van der Waals surface area contributed by atoms with Crippen LogP contribution in [-0.2, 0) is 0 Å². The third-order valence-electron chi connectivity index (χ3n) is 3.43. The number of halogens is 1. The number of nitrogens with one attached hydrogen (secondary N) is 1. The van der Waals surface area contributed by atoms with Gasteiger partial charge in [0.1, 0.15) is 11.6 Å². The normalized spacial score (nSPS) is 11.5. The average molecular weight is 343 g/mol. The molecular formula is C16H14FN5O3. The molecule has 0 radical (unpaired) electrons. The topological polar surface area (TPSA) is 130 Å². The number of aromatic hydroxyl groups is 1. The quantitative estimate of drug-likeness (QED) is 0.248. The standard InChI is InChI=1S/C16H14FN5O3/c1-8-2-3-9(4-11(8)17)13-7-20-16(25-13)21-10-5-12(23)14(19-6-10)15(18)22-24/h2-7,23-24H,1H3,(H2,18,22)(H,20,21). The Balaban J connectivity index is 1.82. The Bertz CT molecular complexity index is 955. The molecular weight excluding hydrogens is 329 g/mol. The van der Waals surface area contributed by atoms with Crippen LogP contribution < -0.4 is 11.1 Å². The summed E-state index contributed by atoms with van der Waals surface area (Å²) in [5.74, 6) is -0.556. The Morgan fingerprint density at radius 2 is 2.08 bits per heavy atom. The van der Waals surface area contributed by atoms with E-state index in [9.17, 15) is 9.50 Å². The molecule has 0 aliphatic heterocycles. The number of hydrogen-bond donors (Lipinski definition) is 4. The highest BCUT2D eigenvalue weighted by molar-refractivity contribution is 5.97. The summed E-state index contributed by atoms with van der Waals surface area (Å²) in [6, 6.07) is 6.18. The van der Waals surface area contributed by atoms with Gasteiger partial charge in [0.05, 0.1) is 18.1 Å². The molecule has 0 aliphatic rings. The van der Waals surface area contributed by atoms with E-state index in [-0.39, 0.29) is 29.1 Å². The number of oxazole rings is 1. The van der Waals surface area contributed by atoms with E-state index in [0.717, 1.165) is 0 Å². The molecule has 0 amide bonds. The fourth-order valence-electron chi connectivity index (χ4n) is 2.10. The maximum atomic E-state index is 13.6. The first-order chi connectivity index (χ1) is 12.0. The molecule has 0 aliphatic carbocycles. The highest BCUT2D eigenvalue weighted by Crippen LogP contribution is 2.27. The summed E-state index contributed by atoms with van der Waals surface area (Å²) in [5.41, 5.74) is 6.78. The molecule has 3 rings (SSSR count). The first-order valence-corrected chi connectivity index (χ1v) is 7.14. The number of aryl methyl sites for hydroxylation is 1. The fourth-order valence-corrected chi connectivity index (χ4v) is 2.10. The fraction of sp³-hybridized carbons (Fsp3) is 0.0625. The lowest BCUT2D eigenvalue weighted by molar-refractivity contribution is 0.318. The molecule has 0 bridgehead atoms. The Morgan fingerprint density at radius 1 is 1.28 bits per heavy atom. The first-order valence-electron chi connectivity index (χ1n) is 7.14. The van der Waals surface area contributed by atoms with Crippen molar-refractivity contribution in [3.63, 3.8) is 0 Å². The summed E-state index contributed by atoms with van der Waals surface area (Å²) in [4.78, 5) is 7.93. The number of rotatable bonds is 4. The van der Waals surface area contributed by atoms with Crippen LogP contribution >= 0.6 is 0 Å². The molecule has 0 saturated carbocycles. The second kappa shape index (κ2) is 6.48. The monoisotopic (exact) mass is 343 g/mol. The van der Waals surface area contributed by atoms with E-state index in [1.807, 2.05) is 0 Å². The van der Waals surface area contributed by atoms with E-state index < -0.39 is 0 Å². The van der Waals surface area contributed by atoms with Crippen LogP contribution in [0.15, 0.2) is 46.2 Å². The molecule has 0 spiro atoms. The lowest BCUT2D eigenvalue weighted by Crippen LogP contribution is -2.15. The Hall–Kier alpha value is -3.62. The first kappa shape index (κ1) is 16.2. The van der Waals surface area contributed by atoms with Crippen molar-refractivity contribution in [1.82, 2.24) is 9.97 Å². The summed E-state index contributed by atoms with van der Waals surface area (Å²) in [6.07, 6.45) is 2.80. The zero-order valence-corrected chi connectivity index (χ0v) is 13.1. The summed E-state index contributed by atoms with van der Waals surface area (Å²) in [6.45, 7) is 1.67. The van der Waals surface area contributed by atoms with Crippen LogP contribution in [0.1, 0.15) is 11.3 Å². The molecule has 128 valence electrons. The van der Waals surface area contributed by atoms with Gasteiger partial charge in [-0.25, -0.2) is 14.4 Å². The maximum absolute atomic E-state index is 13.6. The van der Waals surface area contributed by atoms with Crippen molar-refractivity contribution < 1.29 is 19.1 Å². The van der Waals surface area contributed by atoms with Crippen LogP contribution in [0.4, 0.5) is 16.1 Å². The van der Waals surface area contributed by atoms with Gasteiger partial charge in [-0.05, 0) is 18.6 Å². The Morgan fingerprint density at radius 3 is 2.76 bits per heavy atom. The maximum Gasteiger partial charge on any atom is 0.299 e. The SMILES string of the molecule is Cc1ccc(-c2cnc(Nc3cnc(/C(N)=N/O)c(O)c3)o2)cc1F. The van der Waals surface area contributed by atoms with E-state index in [2.05, 4.69) is 20.4 Å². The van der Waals surface area contributed by atoms with Crippen molar-refractivity contribution in [2.75, 3.05) is 5.32 Å². The molecule has 2 heterocycles. The van der Waals surface area contributed by atoms with Crippen molar-refractivity contribution >= 4 is 17.5 Å². The minimum absolute atomic E-state index is 0.0590. The molecule has 2 aromatic heterocycles. The van der Waals surface area contributed by atoms with Crippen molar-refractivity contribution in [2.45, 2.75) is 6.92 Å². The highest BCUT2D eigenvalue weighted by atomic mass is 19.1. The zero-order chi connectivity index (χ0) is 18.0. The summed E-state index contributed by atoms with van der Waals surface area (Å²) >= 11 is 0. The number of pyridine rings is 1. The van der Waals surface area contributed by atoms with Crippen LogP contribution in [0, 0.1) is 12.7 Å².